The van der Waals surface area contributed by atoms with Gasteiger partial charge in [0.15, 0.2) is 11.5 Å². The Morgan fingerprint density at radius 2 is 1.63 bits per heavy atom. The molecule has 4 rings (SSSR count). The molecule has 0 aliphatic carbocycles. The number of likely N-dealkylation sites (tertiary alicyclic amines) is 1. The van der Waals surface area contributed by atoms with Crippen LogP contribution in [0.3, 0.4) is 0 Å². The van der Waals surface area contributed by atoms with Gasteiger partial charge in [0, 0.05) is 31.5 Å². The highest BCUT2D eigenvalue weighted by Gasteiger charge is 2.27. The van der Waals surface area contributed by atoms with E-state index in [4.69, 9.17) is 4.74 Å². The summed E-state index contributed by atoms with van der Waals surface area (Å²) in [5.74, 6) is -2.01. The highest BCUT2D eigenvalue weighted by Crippen LogP contribution is 2.16. The Hall–Kier alpha value is -4.34. The molecule has 0 atom stereocenters. The Balaban J connectivity index is 1.30. The summed E-state index contributed by atoms with van der Waals surface area (Å²) in [7, 11) is 0. The molecule has 1 saturated heterocycles. The number of rotatable bonds is 6. The molecule has 3 amide bonds. The van der Waals surface area contributed by atoms with E-state index < -0.39 is 23.7 Å². The minimum Gasteiger partial charge on any atom is -0.445 e. The van der Waals surface area contributed by atoms with Crippen LogP contribution >= 0.6 is 0 Å². The number of ether oxygens (including phenoxy) is 1. The van der Waals surface area contributed by atoms with E-state index in [1.165, 1.54) is 36.7 Å². The van der Waals surface area contributed by atoms with Crippen LogP contribution in [-0.4, -0.2) is 51.9 Å². The molecule has 0 spiro atoms. The Morgan fingerprint density at radius 3 is 2.37 bits per heavy atom. The van der Waals surface area contributed by atoms with Gasteiger partial charge in [0.2, 0.25) is 0 Å². The molecule has 3 aromatic rings. The van der Waals surface area contributed by atoms with Crippen molar-refractivity contribution in [3.05, 3.63) is 89.6 Å². The van der Waals surface area contributed by atoms with Crippen molar-refractivity contribution in [2.45, 2.75) is 25.5 Å². The molecule has 1 fully saturated rings. The summed E-state index contributed by atoms with van der Waals surface area (Å²) in [5, 5.41) is 5.32. The van der Waals surface area contributed by atoms with Crippen molar-refractivity contribution in [3.63, 3.8) is 0 Å². The second kappa shape index (κ2) is 11.2. The number of aromatic nitrogens is 2. The summed E-state index contributed by atoms with van der Waals surface area (Å²) >= 11 is 0. The van der Waals surface area contributed by atoms with Crippen LogP contribution in [0.25, 0.3) is 0 Å². The Labute approximate surface area is 201 Å². The van der Waals surface area contributed by atoms with Crippen LogP contribution in [0.2, 0.25) is 0 Å². The van der Waals surface area contributed by atoms with Gasteiger partial charge in [-0.2, -0.15) is 0 Å². The standard InChI is InChI=1S/C25H24FN5O4/c26-20-9-5-4-8-19(20)23(32)30-22-21(27-12-13-28-22)24(33)29-18-10-14-31(15-11-18)25(34)35-16-17-6-2-1-3-7-17/h1-9,12-13,18H,10-11,14-16H2,(H,29,33)(H,28,30,32). The Morgan fingerprint density at radius 1 is 0.943 bits per heavy atom. The van der Waals surface area contributed by atoms with Crippen molar-refractivity contribution >= 4 is 23.7 Å². The fourth-order valence-electron chi connectivity index (χ4n) is 3.69. The fourth-order valence-corrected chi connectivity index (χ4v) is 3.69. The number of piperidine rings is 1. The first-order valence-corrected chi connectivity index (χ1v) is 11.1. The molecule has 1 aliphatic rings. The number of hydrogen-bond acceptors (Lipinski definition) is 6. The number of hydrogen-bond donors (Lipinski definition) is 2. The zero-order chi connectivity index (χ0) is 24.6. The van der Waals surface area contributed by atoms with Crippen LogP contribution in [0, 0.1) is 5.82 Å². The summed E-state index contributed by atoms with van der Waals surface area (Å²) < 4.78 is 19.3. The first-order valence-electron chi connectivity index (χ1n) is 11.1. The van der Waals surface area contributed by atoms with Crippen LogP contribution in [0.4, 0.5) is 15.0 Å². The van der Waals surface area contributed by atoms with Crippen molar-refractivity contribution in [1.29, 1.82) is 0 Å². The molecule has 1 aliphatic heterocycles. The summed E-state index contributed by atoms with van der Waals surface area (Å²) in [5.41, 5.74) is 0.655. The monoisotopic (exact) mass is 477 g/mol. The number of benzene rings is 2. The third-order valence-electron chi connectivity index (χ3n) is 5.56. The summed E-state index contributed by atoms with van der Waals surface area (Å²) in [6, 6.07) is 14.7. The quantitative estimate of drug-likeness (QED) is 0.563. The maximum Gasteiger partial charge on any atom is 0.410 e. The first-order chi connectivity index (χ1) is 17.0. The zero-order valence-electron chi connectivity index (χ0n) is 18.8. The summed E-state index contributed by atoms with van der Waals surface area (Å²) in [4.78, 5) is 47.3. The van der Waals surface area contributed by atoms with Crippen molar-refractivity contribution in [3.8, 4) is 0 Å². The molecular formula is C25H24FN5O4. The lowest BCUT2D eigenvalue weighted by Gasteiger charge is -2.31. The van der Waals surface area contributed by atoms with E-state index in [0.29, 0.717) is 25.9 Å². The molecular weight excluding hydrogens is 453 g/mol. The van der Waals surface area contributed by atoms with Crippen molar-refractivity contribution in [2.24, 2.45) is 0 Å². The molecule has 0 radical (unpaired) electrons. The molecule has 2 heterocycles. The van der Waals surface area contributed by atoms with E-state index in [1.54, 1.807) is 4.90 Å². The van der Waals surface area contributed by atoms with E-state index >= 15 is 0 Å². The topological polar surface area (TPSA) is 114 Å². The average Bonchev–Trinajstić information content (AvgIpc) is 2.89. The predicted molar refractivity (Wildman–Crippen MR) is 125 cm³/mol. The first kappa shape index (κ1) is 23.8. The number of nitrogens with zero attached hydrogens (tertiary/aromatic N) is 3. The highest BCUT2D eigenvalue weighted by atomic mass is 19.1. The number of anilines is 1. The van der Waals surface area contributed by atoms with Crippen LogP contribution < -0.4 is 10.6 Å². The second-order valence-electron chi connectivity index (χ2n) is 7.96. The van der Waals surface area contributed by atoms with E-state index in [0.717, 1.165) is 5.56 Å². The van der Waals surface area contributed by atoms with Gasteiger partial charge in [-0.3, -0.25) is 9.59 Å². The van der Waals surface area contributed by atoms with Gasteiger partial charge in [0.25, 0.3) is 11.8 Å². The molecule has 2 aromatic carbocycles. The van der Waals surface area contributed by atoms with Gasteiger partial charge in [-0.15, -0.1) is 0 Å². The molecule has 180 valence electrons. The zero-order valence-corrected chi connectivity index (χ0v) is 18.8. The molecule has 2 N–H and O–H groups in total. The second-order valence-corrected chi connectivity index (χ2v) is 7.96. The molecule has 0 unspecified atom stereocenters. The van der Waals surface area contributed by atoms with E-state index in [-0.39, 0.29) is 29.7 Å². The van der Waals surface area contributed by atoms with Gasteiger partial charge in [0.05, 0.1) is 5.56 Å². The summed E-state index contributed by atoms with van der Waals surface area (Å²) in [6.45, 7) is 1.05. The Bertz CT molecular complexity index is 1200. The lowest BCUT2D eigenvalue weighted by molar-refractivity contribution is 0.0807. The fraction of sp³-hybridized carbons (Fsp3) is 0.240. The molecule has 0 saturated carbocycles. The number of carbonyl (C=O) groups excluding carboxylic acids is 3. The largest absolute Gasteiger partial charge is 0.445 e. The molecule has 35 heavy (non-hydrogen) atoms. The molecule has 0 bridgehead atoms. The van der Waals surface area contributed by atoms with Crippen molar-refractivity contribution in [1.82, 2.24) is 20.2 Å². The van der Waals surface area contributed by atoms with Gasteiger partial charge in [-0.05, 0) is 30.5 Å². The summed E-state index contributed by atoms with van der Waals surface area (Å²) in [6.07, 6.45) is 3.32. The van der Waals surface area contributed by atoms with Crippen LogP contribution in [0.15, 0.2) is 67.0 Å². The van der Waals surface area contributed by atoms with Gasteiger partial charge in [-0.25, -0.2) is 19.2 Å². The number of amides is 3. The smallest absolute Gasteiger partial charge is 0.410 e. The maximum atomic E-state index is 13.9. The lowest BCUT2D eigenvalue weighted by atomic mass is 10.1. The predicted octanol–water partition coefficient (Wildman–Crippen LogP) is 3.40. The average molecular weight is 477 g/mol. The molecule has 10 heteroatoms. The minimum atomic E-state index is -0.736. The number of halogens is 1. The van der Waals surface area contributed by atoms with Crippen LogP contribution in [-0.2, 0) is 11.3 Å². The number of carbonyl (C=O) groups is 3. The van der Waals surface area contributed by atoms with Gasteiger partial charge in [0.1, 0.15) is 12.4 Å². The third kappa shape index (κ3) is 6.17. The van der Waals surface area contributed by atoms with Gasteiger partial charge in [-0.1, -0.05) is 42.5 Å². The minimum absolute atomic E-state index is 0.0693. The molecule has 9 nitrogen and oxygen atoms in total. The van der Waals surface area contributed by atoms with Crippen molar-refractivity contribution in [2.75, 3.05) is 18.4 Å². The highest BCUT2D eigenvalue weighted by molar-refractivity contribution is 6.07. The third-order valence-corrected chi connectivity index (χ3v) is 5.56. The van der Waals surface area contributed by atoms with Crippen molar-refractivity contribution < 1.29 is 23.5 Å². The normalized spacial score (nSPS) is 13.7. The SMILES string of the molecule is O=C(Nc1nccnc1C(=O)NC1CCN(C(=O)OCc2ccccc2)CC1)c1ccccc1F. The Kier molecular flexibility index (Phi) is 7.61. The van der Waals surface area contributed by atoms with E-state index in [1.807, 2.05) is 30.3 Å². The van der Waals surface area contributed by atoms with E-state index in [2.05, 4.69) is 20.6 Å². The molecule has 1 aromatic heterocycles. The van der Waals surface area contributed by atoms with Gasteiger partial charge >= 0.3 is 6.09 Å². The van der Waals surface area contributed by atoms with Gasteiger partial charge < -0.3 is 20.3 Å². The van der Waals surface area contributed by atoms with Crippen LogP contribution in [0.5, 0.6) is 0 Å². The lowest BCUT2D eigenvalue weighted by Crippen LogP contribution is -2.47. The number of nitrogens with one attached hydrogen (secondary N) is 2. The van der Waals surface area contributed by atoms with Crippen LogP contribution in [0.1, 0.15) is 39.3 Å². The van der Waals surface area contributed by atoms with E-state index in [9.17, 15) is 18.8 Å². The maximum absolute atomic E-state index is 13.9.